The second kappa shape index (κ2) is 6.29. The molecule has 3 heterocycles. The third kappa shape index (κ3) is 3.13. The number of rotatable bonds is 2. The summed E-state index contributed by atoms with van der Waals surface area (Å²) in [6.07, 6.45) is 1.50. The lowest BCUT2D eigenvalue weighted by atomic mass is 10.1. The fourth-order valence-corrected chi connectivity index (χ4v) is 3.16. The van der Waals surface area contributed by atoms with Crippen LogP contribution in [0, 0.1) is 13.8 Å². The minimum atomic E-state index is -0.223. The summed E-state index contributed by atoms with van der Waals surface area (Å²) in [5.74, 6) is 1.54. The summed E-state index contributed by atoms with van der Waals surface area (Å²) < 4.78 is 11.4. The lowest BCUT2D eigenvalue weighted by Crippen LogP contribution is -2.42. The van der Waals surface area contributed by atoms with E-state index in [0.717, 1.165) is 22.4 Å². The summed E-state index contributed by atoms with van der Waals surface area (Å²) in [5.41, 5.74) is 2.27. The van der Waals surface area contributed by atoms with E-state index < -0.39 is 0 Å². The normalized spacial score (nSPS) is 17.8. The van der Waals surface area contributed by atoms with Crippen molar-refractivity contribution in [3.8, 4) is 0 Å². The average Bonchev–Trinajstić information content (AvgIpc) is 3.00. The maximum absolute atomic E-state index is 12.9. The third-order valence-corrected chi connectivity index (χ3v) is 4.37. The molecule has 1 amide bonds. The number of morpholine rings is 1. The molecule has 2 aromatic heterocycles. The van der Waals surface area contributed by atoms with Gasteiger partial charge in [0.1, 0.15) is 23.3 Å². The van der Waals surface area contributed by atoms with E-state index in [1.54, 1.807) is 6.20 Å². The van der Waals surface area contributed by atoms with Crippen LogP contribution in [0.1, 0.15) is 33.7 Å². The number of carbonyl (C=O) groups is 1. The predicted octanol–water partition coefficient (Wildman–Crippen LogP) is 3.05. The highest BCUT2D eigenvalue weighted by molar-refractivity contribution is 5.97. The second-order valence-electron chi connectivity index (χ2n) is 6.25. The first-order valence-corrected chi connectivity index (χ1v) is 8.31. The molecule has 128 valence electrons. The molecule has 4 rings (SSSR count). The summed E-state index contributed by atoms with van der Waals surface area (Å²) >= 11 is 0. The number of hydrogen-bond donors (Lipinski definition) is 0. The topological polar surface area (TPSA) is 68.5 Å². The van der Waals surface area contributed by atoms with Crippen molar-refractivity contribution in [3.63, 3.8) is 0 Å². The first-order valence-electron chi connectivity index (χ1n) is 8.31. The molecule has 0 saturated carbocycles. The first kappa shape index (κ1) is 15.8. The van der Waals surface area contributed by atoms with Gasteiger partial charge >= 0.3 is 0 Å². The first-order chi connectivity index (χ1) is 12.1. The Kier molecular flexibility index (Phi) is 3.97. The molecule has 1 aliphatic rings. The van der Waals surface area contributed by atoms with Crippen LogP contribution in [-0.4, -0.2) is 40.5 Å². The molecule has 0 spiro atoms. The van der Waals surface area contributed by atoms with Crippen molar-refractivity contribution in [2.75, 3.05) is 19.7 Å². The molecule has 6 nitrogen and oxygen atoms in total. The molecule has 0 radical (unpaired) electrons. The number of amides is 1. The van der Waals surface area contributed by atoms with E-state index in [0.29, 0.717) is 31.1 Å². The van der Waals surface area contributed by atoms with Crippen LogP contribution < -0.4 is 0 Å². The Labute approximate surface area is 145 Å². The minimum absolute atomic E-state index is 0.000156. The fourth-order valence-electron chi connectivity index (χ4n) is 3.16. The number of carbonyl (C=O) groups excluding carboxylic acids is 1. The Morgan fingerprint density at radius 1 is 1.24 bits per heavy atom. The number of ether oxygens (including phenoxy) is 1. The van der Waals surface area contributed by atoms with Crippen LogP contribution in [0.5, 0.6) is 0 Å². The van der Waals surface area contributed by atoms with Crippen LogP contribution in [0.4, 0.5) is 0 Å². The lowest BCUT2D eigenvalue weighted by Gasteiger charge is -2.32. The maximum Gasteiger partial charge on any atom is 0.254 e. The molecular formula is C19H19N3O3. The van der Waals surface area contributed by atoms with Gasteiger partial charge in [0.15, 0.2) is 0 Å². The average molecular weight is 337 g/mol. The van der Waals surface area contributed by atoms with Gasteiger partial charge in [-0.25, -0.2) is 9.97 Å². The van der Waals surface area contributed by atoms with Crippen molar-refractivity contribution in [3.05, 3.63) is 59.4 Å². The highest BCUT2D eigenvalue weighted by Gasteiger charge is 2.27. The van der Waals surface area contributed by atoms with Crippen molar-refractivity contribution in [2.24, 2.45) is 0 Å². The zero-order chi connectivity index (χ0) is 17.4. The van der Waals surface area contributed by atoms with Gasteiger partial charge in [0.2, 0.25) is 0 Å². The van der Waals surface area contributed by atoms with Crippen LogP contribution in [-0.2, 0) is 4.74 Å². The molecule has 1 atom stereocenters. The number of aromatic nitrogens is 2. The van der Waals surface area contributed by atoms with E-state index in [9.17, 15) is 4.79 Å². The van der Waals surface area contributed by atoms with Crippen molar-refractivity contribution < 1.29 is 13.9 Å². The quantitative estimate of drug-likeness (QED) is 0.719. The van der Waals surface area contributed by atoms with Gasteiger partial charge in [0.25, 0.3) is 5.91 Å². The Morgan fingerprint density at radius 3 is 2.96 bits per heavy atom. The van der Waals surface area contributed by atoms with E-state index in [1.165, 1.54) is 0 Å². The molecule has 0 aliphatic carbocycles. The standard InChI is InChI=1S/C19H19N3O3/c1-12-9-15-10-14(3-4-17(15)25-12)19(23)22-7-8-24-18(11-22)16-5-6-20-13(2)21-16/h3-6,9-10,18H,7-8,11H2,1-2H3/t18-/m0/s1. The van der Waals surface area contributed by atoms with E-state index >= 15 is 0 Å². The molecule has 0 bridgehead atoms. The Bertz CT molecular complexity index is 935. The van der Waals surface area contributed by atoms with E-state index in [2.05, 4.69) is 9.97 Å². The van der Waals surface area contributed by atoms with E-state index in [1.807, 2.05) is 49.1 Å². The maximum atomic E-state index is 12.9. The Hall–Kier alpha value is -2.73. The van der Waals surface area contributed by atoms with Gasteiger partial charge < -0.3 is 14.1 Å². The fraction of sp³-hybridized carbons (Fsp3) is 0.316. The van der Waals surface area contributed by atoms with Gasteiger partial charge in [0, 0.05) is 23.7 Å². The van der Waals surface area contributed by atoms with Gasteiger partial charge in [0.05, 0.1) is 18.8 Å². The highest BCUT2D eigenvalue weighted by Crippen LogP contribution is 2.24. The van der Waals surface area contributed by atoms with Gasteiger partial charge in [-0.1, -0.05) is 0 Å². The molecule has 1 saturated heterocycles. The molecule has 6 heteroatoms. The molecule has 25 heavy (non-hydrogen) atoms. The van der Waals surface area contributed by atoms with E-state index in [4.69, 9.17) is 9.15 Å². The number of nitrogens with zero attached hydrogens (tertiary/aromatic N) is 3. The molecule has 0 N–H and O–H groups in total. The summed E-state index contributed by atoms with van der Waals surface area (Å²) in [7, 11) is 0. The minimum Gasteiger partial charge on any atom is -0.461 e. The number of aryl methyl sites for hydroxylation is 2. The summed E-state index contributed by atoms with van der Waals surface area (Å²) in [4.78, 5) is 23.3. The zero-order valence-electron chi connectivity index (χ0n) is 14.2. The van der Waals surface area contributed by atoms with Gasteiger partial charge in [-0.2, -0.15) is 0 Å². The SMILES string of the molecule is Cc1nccc([C@@H]2CN(C(=O)c3ccc4oc(C)cc4c3)CCO2)n1. The number of furan rings is 1. The van der Waals surface area contributed by atoms with Gasteiger partial charge in [-0.3, -0.25) is 4.79 Å². The van der Waals surface area contributed by atoms with Crippen molar-refractivity contribution in [1.29, 1.82) is 0 Å². The van der Waals surface area contributed by atoms with Gasteiger partial charge in [-0.15, -0.1) is 0 Å². The van der Waals surface area contributed by atoms with Crippen LogP contribution >= 0.6 is 0 Å². The summed E-state index contributed by atoms with van der Waals surface area (Å²) in [6.45, 7) is 5.29. The van der Waals surface area contributed by atoms with Crippen molar-refractivity contribution in [1.82, 2.24) is 14.9 Å². The monoisotopic (exact) mass is 337 g/mol. The summed E-state index contributed by atoms with van der Waals surface area (Å²) in [6, 6.07) is 9.32. The second-order valence-corrected chi connectivity index (χ2v) is 6.25. The Balaban J connectivity index is 1.56. The number of benzene rings is 1. The van der Waals surface area contributed by atoms with Crippen LogP contribution in [0.15, 0.2) is 40.9 Å². The van der Waals surface area contributed by atoms with Crippen LogP contribution in [0.25, 0.3) is 11.0 Å². The predicted molar refractivity (Wildman–Crippen MR) is 92.3 cm³/mol. The molecule has 1 aromatic carbocycles. The lowest BCUT2D eigenvalue weighted by molar-refractivity contribution is -0.0248. The van der Waals surface area contributed by atoms with Crippen molar-refractivity contribution >= 4 is 16.9 Å². The van der Waals surface area contributed by atoms with Crippen LogP contribution in [0.3, 0.4) is 0 Å². The van der Waals surface area contributed by atoms with E-state index in [-0.39, 0.29) is 12.0 Å². The molecule has 1 aliphatic heterocycles. The van der Waals surface area contributed by atoms with Gasteiger partial charge in [-0.05, 0) is 44.2 Å². The van der Waals surface area contributed by atoms with Crippen molar-refractivity contribution in [2.45, 2.75) is 20.0 Å². The largest absolute Gasteiger partial charge is 0.461 e. The smallest absolute Gasteiger partial charge is 0.254 e. The summed E-state index contributed by atoms with van der Waals surface area (Å²) in [5, 5.41) is 0.944. The highest BCUT2D eigenvalue weighted by atomic mass is 16.5. The number of hydrogen-bond acceptors (Lipinski definition) is 5. The number of fused-ring (bicyclic) bond motifs is 1. The molecule has 3 aromatic rings. The molecule has 0 unspecified atom stereocenters. The molecule has 1 fully saturated rings. The Morgan fingerprint density at radius 2 is 2.12 bits per heavy atom. The molecular weight excluding hydrogens is 318 g/mol. The van der Waals surface area contributed by atoms with Crippen LogP contribution in [0.2, 0.25) is 0 Å². The zero-order valence-corrected chi connectivity index (χ0v) is 14.2. The third-order valence-electron chi connectivity index (χ3n) is 4.37.